The molecule has 142 valence electrons. The Kier molecular flexibility index (Phi) is 3.45. The molecule has 0 amide bonds. The van der Waals surface area contributed by atoms with Crippen molar-refractivity contribution < 1.29 is 17.7 Å². The fourth-order valence-electron chi connectivity index (χ4n) is 3.18. The highest BCUT2D eigenvalue weighted by atomic mass is 16.4. The van der Waals surface area contributed by atoms with Crippen molar-refractivity contribution in [1.82, 2.24) is 24.9 Å². The maximum Gasteiger partial charge on any atom is 0.248 e. The number of hydrogen-bond acceptors (Lipinski definition) is 9. The first-order valence-corrected chi connectivity index (χ1v) is 9.10. The van der Waals surface area contributed by atoms with Crippen molar-refractivity contribution in [3.8, 4) is 46.3 Å². The molecule has 0 unspecified atom stereocenters. The van der Waals surface area contributed by atoms with E-state index in [0.717, 1.165) is 30.7 Å². The molecule has 9 nitrogen and oxygen atoms in total. The van der Waals surface area contributed by atoms with Gasteiger partial charge in [-0.1, -0.05) is 6.07 Å². The molecule has 5 aromatic rings. The minimum absolute atomic E-state index is 0.354. The van der Waals surface area contributed by atoms with Gasteiger partial charge in [0.2, 0.25) is 23.6 Å². The molecule has 0 aromatic carbocycles. The Morgan fingerprint density at radius 2 is 1.00 bits per heavy atom. The Morgan fingerprint density at radius 1 is 0.517 bits per heavy atom. The van der Waals surface area contributed by atoms with Gasteiger partial charge in [0.15, 0.2) is 11.4 Å². The van der Waals surface area contributed by atoms with Crippen LogP contribution in [0, 0.1) is 0 Å². The smallest absolute Gasteiger partial charge is 0.248 e. The minimum atomic E-state index is 0.354. The summed E-state index contributed by atoms with van der Waals surface area (Å²) >= 11 is 0. The quantitative estimate of drug-likeness (QED) is 0.385. The fraction of sp³-hybridized carbons (Fsp3) is 0.150. The third-order valence-corrected chi connectivity index (χ3v) is 4.60. The molecule has 1 aliphatic heterocycles. The number of aromatic nitrogens is 5. The molecule has 1 aliphatic rings. The Labute approximate surface area is 163 Å². The zero-order valence-electron chi connectivity index (χ0n) is 15.0. The van der Waals surface area contributed by atoms with Crippen molar-refractivity contribution in [2.45, 2.75) is 19.3 Å². The highest BCUT2D eigenvalue weighted by Crippen LogP contribution is 2.27. The van der Waals surface area contributed by atoms with Gasteiger partial charge in [-0.3, -0.25) is 0 Å². The van der Waals surface area contributed by atoms with E-state index < -0.39 is 0 Å². The van der Waals surface area contributed by atoms with Gasteiger partial charge in [0.1, 0.15) is 36.4 Å². The number of rotatable bonds is 0. The summed E-state index contributed by atoms with van der Waals surface area (Å²) in [5.74, 6) is 1.53. The van der Waals surface area contributed by atoms with Crippen molar-refractivity contribution in [2.75, 3.05) is 0 Å². The largest absolute Gasteiger partial charge is 0.443 e. The number of pyridine rings is 1. The molecule has 0 fully saturated rings. The van der Waals surface area contributed by atoms with Crippen LogP contribution in [-0.2, 0) is 12.8 Å². The molecule has 0 saturated carbocycles. The minimum Gasteiger partial charge on any atom is -0.443 e. The van der Waals surface area contributed by atoms with E-state index in [9.17, 15) is 0 Å². The summed E-state index contributed by atoms with van der Waals surface area (Å²) in [6.45, 7) is 0. The molecule has 0 radical (unpaired) electrons. The highest BCUT2D eigenvalue weighted by Gasteiger charge is 2.18. The molecular formula is C20H13N5O4. The third-order valence-electron chi connectivity index (χ3n) is 4.60. The van der Waals surface area contributed by atoms with Gasteiger partial charge in [-0.2, -0.15) is 0 Å². The Bertz CT molecular complexity index is 1220. The first-order valence-electron chi connectivity index (χ1n) is 9.10. The molecule has 6 rings (SSSR count). The summed E-state index contributed by atoms with van der Waals surface area (Å²) in [7, 11) is 0. The van der Waals surface area contributed by atoms with Crippen molar-refractivity contribution in [3.63, 3.8) is 0 Å². The SMILES string of the molecule is c1cc2nc(c1)-c1nc(co1)-c1nc(co1)CCCc1coc(n1)-c1coc-2n1. The lowest BCUT2D eigenvalue weighted by Gasteiger charge is -1.98. The van der Waals surface area contributed by atoms with Crippen molar-refractivity contribution in [2.24, 2.45) is 0 Å². The molecule has 0 aliphatic carbocycles. The zero-order chi connectivity index (χ0) is 19.2. The van der Waals surface area contributed by atoms with Crippen LogP contribution in [0.25, 0.3) is 46.3 Å². The second kappa shape index (κ2) is 6.26. The van der Waals surface area contributed by atoms with Crippen LogP contribution in [0.3, 0.4) is 0 Å². The number of fused-ring (bicyclic) bond motifs is 14. The molecule has 0 saturated heterocycles. The van der Waals surface area contributed by atoms with Crippen LogP contribution in [-0.4, -0.2) is 24.9 Å². The van der Waals surface area contributed by atoms with Crippen molar-refractivity contribution >= 4 is 0 Å². The lowest BCUT2D eigenvalue weighted by Crippen LogP contribution is -1.92. The van der Waals surface area contributed by atoms with Crippen LogP contribution < -0.4 is 0 Å². The van der Waals surface area contributed by atoms with Gasteiger partial charge in [-0.05, 0) is 31.4 Å². The molecule has 0 atom stereocenters. The maximum atomic E-state index is 5.59. The van der Waals surface area contributed by atoms with E-state index >= 15 is 0 Å². The van der Waals surface area contributed by atoms with Gasteiger partial charge in [0.05, 0.1) is 11.4 Å². The van der Waals surface area contributed by atoms with E-state index in [1.165, 1.54) is 12.5 Å². The molecule has 0 N–H and O–H groups in total. The van der Waals surface area contributed by atoms with Gasteiger partial charge >= 0.3 is 0 Å². The monoisotopic (exact) mass is 387 g/mol. The lowest BCUT2D eigenvalue weighted by atomic mass is 10.2. The summed E-state index contributed by atoms with van der Waals surface area (Å²) in [6.07, 6.45) is 8.63. The van der Waals surface area contributed by atoms with Crippen LogP contribution in [0.5, 0.6) is 0 Å². The van der Waals surface area contributed by atoms with Crippen LogP contribution in [0.15, 0.2) is 60.9 Å². The van der Waals surface area contributed by atoms with Gasteiger partial charge in [0.25, 0.3) is 0 Å². The zero-order valence-corrected chi connectivity index (χ0v) is 15.0. The topological polar surface area (TPSA) is 117 Å². The standard InChI is InChI=1S/C20H13N5O4/c1-3-11-7-26-19(21-11)15-9-28-17(24-15)13-5-2-6-14(23-13)18-25-16(10-29-18)20-22-12(4-1)8-27-20/h2,5-10H,1,3-4H2. The van der Waals surface area contributed by atoms with E-state index in [2.05, 4.69) is 24.9 Å². The predicted molar refractivity (Wildman–Crippen MR) is 98.2 cm³/mol. The van der Waals surface area contributed by atoms with Crippen LogP contribution >= 0.6 is 0 Å². The summed E-state index contributed by atoms with van der Waals surface area (Å²) < 4.78 is 22.3. The van der Waals surface area contributed by atoms with Crippen LogP contribution in [0.4, 0.5) is 0 Å². The van der Waals surface area contributed by atoms with Gasteiger partial charge < -0.3 is 17.7 Å². The number of aryl methyl sites for hydroxylation is 2. The van der Waals surface area contributed by atoms with E-state index in [0.29, 0.717) is 46.3 Å². The number of hydrogen-bond donors (Lipinski definition) is 0. The van der Waals surface area contributed by atoms with Gasteiger partial charge in [-0.25, -0.2) is 24.9 Å². The summed E-state index contributed by atoms with van der Waals surface area (Å²) in [5.41, 5.74) is 3.80. The maximum absolute atomic E-state index is 5.59. The van der Waals surface area contributed by atoms with Crippen molar-refractivity contribution in [3.05, 3.63) is 54.6 Å². The fourth-order valence-corrected chi connectivity index (χ4v) is 3.18. The molecule has 5 aromatic heterocycles. The molecule has 9 heteroatoms. The van der Waals surface area contributed by atoms with Crippen LogP contribution in [0.1, 0.15) is 17.8 Å². The van der Waals surface area contributed by atoms with Gasteiger partial charge in [-0.15, -0.1) is 0 Å². The average Bonchev–Trinajstić information content (AvgIpc) is 3.53. The van der Waals surface area contributed by atoms with E-state index in [1.54, 1.807) is 24.7 Å². The summed E-state index contributed by atoms with van der Waals surface area (Å²) in [4.78, 5) is 22.5. The molecule has 10 bridgehead atoms. The van der Waals surface area contributed by atoms with E-state index in [-0.39, 0.29) is 0 Å². The number of nitrogens with zero attached hydrogens (tertiary/aromatic N) is 5. The first kappa shape index (κ1) is 16.0. The second-order valence-corrected chi connectivity index (χ2v) is 6.63. The lowest BCUT2D eigenvalue weighted by molar-refractivity contribution is 0.559. The normalized spacial score (nSPS) is 13.1. The highest BCUT2D eigenvalue weighted by molar-refractivity contribution is 5.60. The molecule has 0 spiro atoms. The average molecular weight is 387 g/mol. The molecular weight excluding hydrogens is 374 g/mol. The van der Waals surface area contributed by atoms with Crippen molar-refractivity contribution in [1.29, 1.82) is 0 Å². The number of oxazole rings is 4. The third kappa shape index (κ3) is 2.83. The Morgan fingerprint density at radius 3 is 1.55 bits per heavy atom. The van der Waals surface area contributed by atoms with Gasteiger partial charge in [0, 0.05) is 0 Å². The van der Waals surface area contributed by atoms with E-state index in [1.807, 2.05) is 6.07 Å². The second-order valence-electron chi connectivity index (χ2n) is 6.63. The predicted octanol–water partition coefficient (Wildman–Crippen LogP) is 4.19. The molecule has 6 heterocycles. The Balaban J connectivity index is 1.48. The Hall–Kier alpha value is -4.01. The first-order chi connectivity index (χ1) is 14.3. The van der Waals surface area contributed by atoms with E-state index in [4.69, 9.17) is 17.7 Å². The summed E-state index contributed by atoms with van der Waals surface area (Å²) in [6, 6.07) is 5.42. The van der Waals surface area contributed by atoms with Crippen LogP contribution in [0.2, 0.25) is 0 Å². The summed E-state index contributed by atoms with van der Waals surface area (Å²) in [5, 5.41) is 0. The molecule has 29 heavy (non-hydrogen) atoms.